The number of nitrogens with one attached hydrogen (secondary N) is 1. The molecule has 2 aromatic heterocycles. The fourth-order valence-corrected chi connectivity index (χ4v) is 3.41. The first-order chi connectivity index (χ1) is 10.1. The molecule has 0 saturated carbocycles. The van der Waals surface area contributed by atoms with Gasteiger partial charge in [0.05, 0.1) is 22.6 Å². The Hall–Kier alpha value is -1.26. The van der Waals surface area contributed by atoms with Gasteiger partial charge in [0.25, 0.3) is 5.56 Å². The molecule has 0 aliphatic carbocycles. The minimum atomic E-state index is -0.756. The number of aliphatic hydroxyl groups excluding tert-OH is 1. The molecular formula is C12H11BrN2O5S. The van der Waals surface area contributed by atoms with Crippen molar-refractivity contribution < 1.29 is 14.6 Å². The Kier molecular flexibility index (Phi) is 4.09. The van der Waals surface area contributed by atoms with E-state index in [1.165, 1.54) is 22.1 Å². The summed E-state index contributed by atoms with van der Waals surface area (Å²) >= 11 is 4.72. The third kappa shape index (κ3) is 2.87. The van der Waals surface area contributed by atoms with Gasteiger partial charge in [-0.2, -0.15) is 0 Å². The van der Waals surface area contributed by atoms with E-state index in [2.05, 4.69) is 20.9 Å². The molecule has 1 aliphatic heterocycles. The molecule has 112 valence electrons. The van der Waals surface area contributed by atoms with Gasteiger partial charge in [-0.05, 0) is 28.1 Å². The molecule has 21 heavy (non-hydrogen) atoms. The van der Waals surface area contributed by atoms with Gasteiger partial charge in [0.15, 0.2) is 12.5 Å². The van der Waals surface area contributed by atoms with Gasteiger partial charge in [0.2, 0.25) is 0 Å². The summed E-state index contributed by atoms with van der Waals surface area (Å²) in [6.45, 7) is -0.163. The zero-order valence-electron chi connectivity index (χ0n) is 10.6. The molecule has 2 N–H and O–H groups in total. The number of ether oxygens (including phenoxy) is 2. The van der Waals surface area contributed by atoms with Crippen LogP contribution in [-0.4, -0.2) is 34.2 Å². The van der Waals surface area contributed by atoms with E-state index in [1.54, 1.807) is 6.07 Å². The normalized spacial score (nSPS) is 21.8. The third-order valence-electron chi connectivity index (χ3n) is 3.00. The Labute approximate surface area is 130 Å². The summed E-state index contributed by atoms with van der Waals surface area (Å²) in [5.74, 6) is 0. The van der Waals surface area contributed by atoms with Gasteiger partial charge in [-0.3, -0.25) is 14.3 Å². The van der Waals surface area contributed by atoms with Crippen molar-refractivity contribution in [3.8, 4) is 10.4 Å². The third-order valence-corrected chi connectivity index (χ3v) is 4.66. The molecule has 2 aromatic rings. The van der Waals surface area contributed by atoms with Crippen LogP contribution in [0.4, 0.5) is 0 Å². The molecule has 1 unspecified atom stereocenters. The zero-order chi connectivity index (χ0) is 15.0. The van der Waals surface area contributed by atoms with E-state index in [0.29, 0.717) is 5.56 Å². The fraction of sp³-hybridized carbons (Fsp3) is 0.333. The molecule has 0 aromatic carbocycles. The molecular weight excluding hydrogens is 364 g/mol. The molecule has 1 saturated heterocycles. The van der Waals surface area contributed by atoms with E-state index in [9.17, 15) is 9.59 Å². The lowest BCUT2D eigenvalue weighted by Crippen LogP contribution is -2.33. The number of aromatic nitrogens is 2. The molecule has 7 nitrogen and oxygen atoms in total. The quantitative estimate of drug-likeness (QED) is 0.831. The largest absolute Gasteiger partial charge is 0.391 e. The highest BCUT2D eigenvalue weighted by Gasteiger charge is 2.28. The van der Waals surface area contributed by atoms with Crippen molar-refractivity contribution in [2.45, 2.75) is 12.5 Å². The molecule has 1 fully saturated rings. The summed E-state index contributed by atoms with van der Waals surface area (Å²) in [6.07, 6.45) is 0.0227. The molecule has 0 bridgehead atoms. The number of halogens is 1. The van der Waals surface area contributed by atoms with Crippen LogP contribution in [0.2, 0.25) is 0 Å². The molecule has 0 spiro atoms. The number of hydrogen-bond donors (Lipinski definition) is 2. The monoisotopic (exact) mass is 374 g/mol. The number of rotatable bonds is 3. The first-order valence-electron chi connectivity index (χ1n) is 6.07. The van der Waals surface area contributed by atoms with Crippen molar-refractivity contribution in [2.75, 3.05) is 13.2 Å². The lowest BCUT2D eigenvalue weighted by Gasteiger charge is -2.13. The summed E-state index contributed by atoms with van der Waals surface area (Å²) in [4.78, 5) is 26.9. The molecule has 0 radical (unpaired) electrons. The highest BCUT2D eigenvalue weighted by atomic mass is 79.9. The van der Waals surface area contributed by atoms with Crippen molar-refractivity contribution >= 4 is 27.3 Å². The van der Waals surface area contributed by atoms with Crippen LogP contribution in [0.25, 0.3) is 10.4 Å². The second kappa shape index (κ2) is 5.85. The SMILES string of the molecule is O=c1[nH]c(=O)n([C@@H]2COC(CO)O2)cc1-c1ccc(Br)s1. The molecule has 0 amide bonds. The predicted octanol–water partition coefficient (Wildman–Crippen LogP) is 0.891. The van der Waals surface area contributed by atoms with Crippen molar-refractivity contribution in [3.63, 3.8) is 0 Å². The summed E-state index contributed by atoms with van der Waals surface area (Å²) in [7, 11) is 0. The van der Waals surface area contributed by atoms with Gasteiger partial charge in [0.1, 0.15) is 0 Å². The van der Waals surface area contributed by atoms with Crippen molar-refractivity contribution in [2.24, 2.45) is 0 Å². The number of nitrogens with zero attached hydrogens (tertiary/aromatic N) is 1. The first kappa shape index (κ1) is 14.7. The van der Waals surface area contributed by atoms with Crippen LogP contribution >= 0.6 is 27.3 Å². The van der Waals surface area contributed by atoms with Crippen LogP contribution in [0.3, 0.4) is 0 Å². The van der Waals surface area contributed by atoms with E-state index in [4.69, 9.17) is 14.6 Å². The van der Waals surface area contributed by atoms with Gasteiger partial charge in [-0.25, -0.2) is 4.79 Å². The van der Waals surface area contributed by atoms with Crippen LogP contribution in [0.5, 0.6) is 0 Å². The van der Waals surface area contributed by atoms with Crippen LogP contribution < -0.4 is 11.2 Å². The fourth-order valence-electron chi connectivity index (χ4n) is 2.02. The molecule has 3 heterocycles. The maximum atomic E-state index is 11.9. The zero-order valence-corrected chi connectivity index (χ0v) is 13.0. The van der Waals surface area contributed by atoms with Gasteiger partial charge in [-0.1, -0.05) is 0 Å². The van der Waals surface area contributed by atoms with Crippen LogP contribution in [0.1, 0.15) is 6.23 Å². The maximum absolute atomic E-state index is 11.9. The number of hydrogen-bond acceptors (Lipinski definition) is 6. The lowest BCUT2D eigenvalue weighted by molar-refractivity contribution is -0.0992. The van der Waals surface area contributed by atoms with Gasteiger partial charge < -0.3 is 14.6 Å². The Balaban J connectivity index is 2.02. The van der Waals surface area contributed by atoms with Crippen LogP contribution in [-0.2, 0) is 9.47 Å². The minimum Gasteiger partial charge on any atom is -0.391 e. The lowest BCUT2D eigenvalue weighted by atomic mass is 10.3. The van der Waals surface area contributed by atoms with E-state index in [1.807, 2.05) is 6.07 Å². The van der Waals surface area contributed by atoms with Gasteiger partial charge in [-0.15, -0.1) is 11.3 Å². The maximum Gasteiger partial charge on any atom is 0.330 e. The molecule has 2 atom stereocenters. The number of thiophene rings is 1. The number of aromatic amines is 1. The Morgan fingerprint density at radius 3 is 2.90 bits per heavy atom. The Morgan fingerprint density at radius 1 is 1.48 bits per heavy atom. The highest BCUT2D eigenvalue weighted by molar-refractivity contribution is 9.11. The van der Waals surface area contributed by atoms with E-state index >= 15 is 0 Å². The topological polar surface area (TPSA) is 93.6 Å². The molecule has 1 aliphatic rings. The number of H-pyrrole nitrogens is 1. The predicted molar refractivity (Wildman–Crippen MR) is 79.3 cm³/mol. The molecule has 9 heteroatoms. The van der Waals surface area contributed by atoms with E-state index < -0.39 is 23.8 Å². The van der Waals surface area contributed by atoms with Gasteiger partial charge in [0, 0.05) is 11.1 Å². The van der Waals surface area contributed by atoms with E-state index in [-0.39, 0.29) is 13.2 Å². The van der Waals surface area contributed by atoms with Crippen LogP contribution in [0.15, 0.2) is 31.7 Å². The smallest absolute Gasteiger partial charge is 0.330 e. The van der Waals surface area contributed by atoms with Crippen molar-refractivity contribution in [3.05, 3.63) is 43.0 Å². The summed E-state index contributed by atoms with van der Waals surface area (Å²) < 4.78 is 12.7. The summed E-state index contributed by atoms with van der Waals surface area (Å²) in [5.41, 5.74) is -0.656. The van der Waals surface area contributed by atoms with Gasteiger partial charge >= 0.3 is 5.69 Å². The minimum absolute atomic E-state index is 0.130. The van der Waals surface area contributed by atoms with E-state index in [0.717, 1.165) is 8.66 Å². The highest BCUT2D eigenvalue weighted by Crippen LogP contribution is 2.29. The Bertz CT molecular complexity index is 767. The average molecular weight is 375 g/mol. The second-order valence-electron chi connectivity index (χ2n) is 4.35. The van der Waals surface area contributed by atoms with Crippen LogP contribution in [0, 0.1) is 0 Å². The van der Waals surface area contributed by atoms with Crippen molar-refractivity contribution in [1.29, 1.82) is 0 Å². The standard InChI is InChI=1S/C12H11BrN2O5S/c13-8-2-1-7(21-8)6-3-15(12(18)14-11(6)17)9-5-19-10(4-16)20-9/h1-3,9-10,16H,4-5H2,(H,14,17,18)/t9-,10?/m0/s1. The first-order valence-corrected chi connectivity index (χ1v) is 7.68. The molecule has 3 rings (SSSR count). The Morgan fingerprint density at radius 2 is 2.29 bits per heavy atom. The average Bonchev–Trinajstić information content (AvgIpc) is 3.08. The van der Waals surface area contributed by atoms with Crippen molar-refractivity contribution in [1.82, 2.24) is 9.55 Å². The summed E-state index contributed by atoms with van der Waals surface area (Å²) in [6, 6.07) is 3.61. The second-order valence-corrected chi connectivity index (χ2v) is 6.81. The number of aliphatic hydroxyl groups is 1. The summed E-state index contributed by atoms with van der Waals surface area (Å²) in [5, 5.41) is 8.98.